The molecule has 0 atom stereocenters. The Balaban J connectivity index is 0. The van der Waals surface area contributed by atoms with Crippen molar-refractivity contribution in [1.29, 1.82) is 0 Å². The predicted molar refractivity (Wildman–Crippen MR) is 91.7 cm³/mol. The molecule has 0 unspecified atom stereocenters. The van der Waals surface area contributed by atoms with Crippen LogP contribution in [0.4, 0.5) is 0 Å². The highest BCUT2D eigenvalue weighted by Crippen LogP contribution is 2.21. The van der Waals surface area contributed by atoms with Gasteiger partial charge in [0.1, 0.15) is 0 Å². The fourth-order valence-corrected chi connectivity index (χ4v) is 2.45. The normalized spacial score (nSPS) is 16.8. The Morgan fingerprint density at radius 3 is 2.33 bits per heavy atom. The van der Waals surface area contributed by atoms with Crippen LogP contribution in [-0.4, -0.2) is 62.8 Å². The molecular weight excluding hydrogens is 313 g/mol. The van der Waals surface area contributed by atoms with Gasteiger partial charge in [-0.25, -0.2) is 0 Å². The van der Waals surface area contributed by atoms with Gasteiger partial charge in [0.05, 0.1) is 6.10 Å². The third-order valence-electron chi connectivity index (χ3n) is 3.95. The van der Waals surface area contributed by atoms with Crippen molar-refractivity contribution in [2.75, 3.05) is 40.3 Å². The summed E-state index contributed by atoms with van der Waals surface area (Å²) in [7, 11) is 3.64. The number of carbonyl (C=O) groups is 1. The van der Waals surface area contributed by atoms with E-state index in [1.165, 1.54) is 0 Å². The predicted octanol–water partition coefficient (Wildman–Crippen LogP) is 1.45. The maximum absolute atomic E-state index is 11.6. The van der Waals surface area contributed by atoms with E-state index in [1.54, 1.807) is 7.11 Å². The number of rotatable bonds is 7. The maximum atomic E-state index is 11.6. The molecule has 0 aliphatic carbocycles. The summed E-state index contributed by atoms with van der Waals surface area (Å²) >= 11 is 0. The van der Waals surface area contributed by atoms with Crippen molar-refractivity contribution >= 4 is 30.7 Å². The first-order chi connectivity index (χ1) is 8.99. The molecule has 1 fully saturated rings. The first-order valence-electron chi connectivity index (χ1n) is 7.18. The Morgan fingerprint density at radius 2 is 1.86 bits per heavy atom. The van der Waals surface area contributed by atoms with Gasteiger partial charge >= 0.3 is 0 Å². The molecule has 0 aromatic carbocycles. The Hall–Kier alpha value is -0.0700. The molecule has 1 aliphatic rings. The number of methoxy groups -OCH3 is 1. The molecule has 0 spiro atoms. The van der Waals surface area contributed by atoms with Gasteiger partial charge in [-0.3, -0.25) is 9.69 Å². The van der Waals surface area contributed by atoms with Gasteiger partial charge in [-0.15, -0.1) is 24.8 Å². The van der Waals surface area contributed by atoms with Crippen LogP contribution in [0, 0.1) is 0 Å². The molecule has 1 aliphatic heterocycles. The van der Waals surface area contributed by atoms with Crippen LogP contribution in [0.15, 0.2) is 0 Å². The van der Waals surface area contributed by atoms with Crippen LogP contribution in [-0.2, 0) is 9.53 Å². The number of piperidine rings is 1. The SMILES string of the molecule is CNCCC(=O)NCC(C)(C)N1CCC(OC)CC1.Cl.Cl. The third kappa shape index (κ3) is 8.21. The molecule has 2 N–H and O–H groups in total. The van der Waals surface area contributed by atoms with Gasteiger partial charge in [0, 0.05) is 45.2 Å². The van der Waals surface area contributed by atoms with Crippen LogP contribution in [0.25, 0.3) is 0 Å². The van der Waals surface area contributed by atoms with Gasteiger partial charge < -0.3 is 15.4 Å². The lowest BCUT2D eigenvalue weighted by Crippen LogP contribution is -2.55. The molecule has 1 saturated heterocycles. The van der Waals surface area contributed by atoms with Crippen molar-refractivity contribution in [2.24, 2.45) is 0 Å². The molecule has 0 aromatic heterocycles. The van der Waals surface area contributed by atoms with E-state index < -0.39 is 0 Å². The smallest absolute Gasteiger partial charge is 0.221 e. The quantitative estimate of drug-likeness (QED) is 0.734. The second-order valence-corrected chi connectivity index (χ2v) is 5.86. The van der Waals surface area contributed by atoms with Gasteiger partial charge in [0.15, 0.2) is 0 Å². The first kappa shape index (κ1) is 23.2. The van der Waals surface area contributed by atoms with Crippen LogP contribution in [0.5, 0.6) is 0 Å². The monoisotopic (exact) mass is 343 g/mol. The molecule has 1 amide bonds. The summed E-state index contributed by atoms with van der Waals surface area (Å²) in [5.41, 5.74) is 0.00795. The zero-order valence-corrected chi connectivity index (χ0v) is 15.2. The molecule has 0 saturated carbocycles. The van der Waals surface area contributed by atoms with Crippen LogP contribution < -0.4 is 10.6 Å². The average Bonchev–Trinajstić information content (AvgIpc) is 2.43. The van der Waals surface area contributed by atoms with E-state index in [2.05, 4.69) is 29.4 Å². The number of amides is 1. The van der Waals surface area contributed by atoms with Gasteiger partial charge in [0.2, 0.25) is 5.91 Å². The van der Waals surface area contributed by atoms with Crippen molar-refractivity contribution < 1.29 is 9.53 Å². The number of halogens is 2. The summed E-state index contributed by atoms with van der Waals surface area (Å²) in [5, 5.41) is 6.01. The van der Waals surface area contributed by atoms with E-state index in [4.69, 9.17) is 4.74 Å². The largest absolute Gasteiger partial charge is 0.381 e. The topological polar surface area (TPSA) is 53.6 Å². The molecular formula is C14H31Cl2N3O2. The zero-order valence-electron chi connectivity index (χ0n) is 13.6. The Labute approximate surface area is 141 Å². The number of hydrogen-bond acceptors (Lipinski definition) is 4. The lowest BCUT2D eigenvalue weighted by Gasteiger charge is -2.42. The fraction of sp³-hybridized carbons (Fsp3) is 0.929. The van der Waals surface area contributed by atoms with Crippen LogP contribution in [0.3, 0.4) is 0 Å². The molecule has 21 heavy (non-hydrogen) atoms. The summed E-state index contributed by atoms with van der Waals surface area (Å²) in [6.07, 6.45) is 3.09. The number of likely N-dealkylation sites (tertiary alicyclic amines) is 1. The molecule has 128 valence electrons. The summed E-state index contributed by atoms with van der Waals surface area (Å²) in [6, 6.07) is 0. The summed E-state index contributed by atoms with van der Waals surface area (Å²) in [4.78, 5) is 14.1. The van der Waals surface area contributed by atoms with E-state index in [9.17, 15) is 4.79 Å². The highest BCUT2D eigenvalue weighted by molar-refractivity contribution is 5.85. The van der Waals surface area contributed by atoms with E-state index in [1.807, 2.05) is 7.05 Å². The third-order valence-corrected chi connectivity index (χ3v) is 3.95. The van der Waals surface area contributed by atoms with Crippen molar-refractivity contribution in [2.45, 2.75) is 44.8 Å². The number of carbonyl (C=O) groups excluding carboxylic acids is 1. The summed E-state index contributed by atoms with van der Waals surface area (Å²) < 4.78 is 5.39. The highest BCUT2D eigenvalue weighted by Gasteiger charge is 2.30. The number of nitrogens with one attached hydrogen (secondary N) is 2. The van der Waals surface area contributed by atoms with E-state index in [0.717, 1.165) is 32.5 Å². The zero-order chi connectivity index (χ0) is 14.3. The minimum atomic E-state index is 0. The molecule has 1 rings (SSSR count). The average molecular weight is 344 g/mol. The molecule has 5 nitrogen and oxygen atoms in total. The van der Waals surface area contributed by atoms with Gasteiger partial charge in [-0.05, 0) is 33.7 Å². The maximum Gasteiger partial charge on any atom is 0.221 e. The molecule has 1 heterocycles. The lowest BCUT2D eigenvalue weighted by molar-refractivity contribution is -0.121. The lowest BCUT2D eigenvalue weighted by atomic mass is 9.97. The minimum absolute atomic E-state index is 0. The van der Waals surface area contributed by atoms with E-state index in [0.29, 0.717) is 19.1 Å². The first-order valence-corrected chi connectivity index (χ1v) is 7.18. The number of ether oxygens (including phenoxy) is 1. The van der Waals surface area contributed by atoms with Gasteiger partial charge in [0.25, 0.3) is 0 Å². The number of hydrogen-bond donors (Lipinski definition) is 2. The summed E-state index contributed by atoms with van der Waals surface area (Å²) in [5.74, 6) is 0.120. The van der Waals surface area contributed by atoms with Crippen molar-refractivity contribution in [3.8, 4) is 0 Å². The number of nitrogens with zero attached hydrogens (tertiary/aromatic N) is 1. The molecule has 7 heteroatoms. The molecule has 0 bridgehead atoms. The van der Waals surface area contributed by atoms with E-state index >= 15 is 0 Å². The summed E-state index contributed by atoms with van der Waals surface area (Å²) in [6.45, 7) is 7.89. The van der Waals surface area contributed by atoms with Crippen LogP contribution in [0.2, 0.25) is 0 Å². The van der Waals surface area contributed by atoms with Crippen LogP contribution in [0.1, 0.15) is 33.1 Å². The van der Waals surface area contributed by atoms with E-state index in [-0.39, 0.29) is 36.3 Å². The fourth-order valence-electron chi connectivity index (χ4n) is 2.45. The Kier molecular flexibility index (Phi) is 12.7. The molecule has 0 aromatic rings. The van der Waals surface area contributed by atoms with Crippen LogP contribution >= 0.6 is 24.8 Å². The second-order valence-electron chi connectivity index (χ2n) is 5.86. The van der Waals surface area contributed by atoms with Crippen molar-refractivity contribution in [1.82, 2.24) is 15.5 Å². The van der Waals surface area contributed by atoms with Gasteiger partial charge in [-0.2, -0.15) is 0 Å². The van der Waals surface area contributed by atoms with Crippen molar-refractivity contribution in [3.05, 3.63) is 0 Å². The Morgan fingerprint density at radius 1 is 1.29 bits per heavy atom. The second kappa shape index (κ2) is 11.5. The Bertz CT molecular complexity index is 283. The van der Waals surface area contributed by atoms with Crippen molar-refractivity contribution in [3.63, 3.8) is 0 Å². The standard InChI is InChI=1S/C14H29N3O2.2ClH/c1-14(2,11-16-13(18)5-8-15-3)17-9-6-12(19-4)7-10-17;;/h12,15H,5-11H2,1-4H3,(H,16,18);2*1H. The highest BCUT2D eigenvalue weighted by atomic mass is 35.5. The minimum Gasteiger partial charge on any atom is -0.381 e. The van der Waals surface area contributed by atoms with Gasteiger partial charge in [-0.1, -0.05) is 0 Å². The molecule has 0 radical (unpaired) electrons.